The van der Waals surface area contributed by atoms with Crippen LogP contribution in [0.4, 0.5) is 4.79 Å². The maximum Gasteiger partial charge on any atom is 0.314 e. The minimum Gasteiger partial charge on any atom is -0.409 e. The van der Waals surface area contributed by atoms with E-state index in [9.17, 15) is 4.79 Å². The topological polar surface area (TPSA) is 114 Å². The maximum atomic E-state index is 10.9. The molecule has 0 unspecified atom stereocenters. The van der Waals surface area contributed by atoms with Gasteiger partial charge in [-0.1, -0.05) is 5.16 Å². The number of urea groups is 1. The third kappa shape index (κ3) is 5.20. The number of hydrogen-bond donors (Lipinski definition) is 3. The van der Waals surface area contributed by atoms with Gasteiger partial charge in [-0.2, -0.15) is 0 Å². The Kier molecular flexibility index (Phi) is 6.21. The molecule has 0 saturated heterocycles. The first-order chi connectivity index (χ1) is 6.61. The van der Waals surface area contributed by atoms with Gasteiger partial charge in [0.05, 0.1) is 6.61 Å². The van der Waals surface area contributed by atoms with Crippen molar-refractivity contribution in [3.63, 3.8) is 0 Å². The van der Waals surface area contributed by atoms with Crippen molar-refractivity contribution in [1.29, 1.82) is 0 Å². The van der Waals surface area contributed by atoms with Gasteiger partial charge in [-0.3, -0.25) is 0 Å². The van der Waals surface area contributed by atoms with Crippen molar-refractivity contribution < 1.29 is 14.7 Å². The molecule has 14 heavy (non-hydrogen) atoms. The van der Waals surface area contributed by atoms with E-state index in [4.69, 9.17) is 21.4 Å². The van der Waals surface area contributed by atoms with Gasteiger partial charge in [0, 0.05) is 26.6 Å². The molecule has 0 aromatic carbocycles. The number of nitrogens with zero attached hydrogens (tertiary/aromatic N) is 2. The summed E-state index contributed by atoms with van der Waals surface area (Å²) in [5.41, 5.74) is 10.3. The average Bonchev–Trinajstić information content (AvgIpc) is 2.16. The summed E-state index contributed by atoms with van der Waals surface area (Å²) in [6.45, 7) is 1.11. The van der Waals surface area contributed by atoms with Crippen LogP contribution in [0.5, 0.6) is 0 Å². The zero-order chi connectivity index (χ0) is 11.0. The van der Waals surface area contributed by atoms with Crippen LogP contribution >= 0.6 is 0 Å². The Labute approximate surface area is 82.3 Å². The average molecular weight is 204 g/mol. The Hall–Kier alpha value is -1.50. The van der Waals surface area contributed by atoms with E-state index in [1.165, 1.54) is 12.0 Å². The van der Waals surface area contributed by atoms with E-state index >= 15 is 0 Å². The van der Waals surface area contributed by atoms with Gasteiger partial charge in [0.2, 0.25) is 0 Å². The molecule has 0 spiro atoms. The maximum absolute atomic E-state index is 10.9. The van der Waals surface area contributed by atoms with Gasteiger partial charge < -0.3 is 26.3 Å². The summed E-state index contributed by atoms with van der Waals surface area (Å²) >= 11 is 0. The Bertz CT molecular complexity index is 207. The molecule has 0 aliphatic rings. The second-order valence-corrected chi connectivity index (χ2v) is 2.66. The molecule has 5 N–H and O–H groups in total. The van der Waals surface area contributed by atoms with E-state index in [1.807, 2.05) is 0 Å². The van der Waals surface area contributed by atoms with Crippen LogP contribution < -0.4 is 11.5 Å². The molecule has 0 rings (SSSR count). The summed E-state index contributed by atoms with van der Waals surface area (Å²) in [6.07, 6.45) is 0.281. The third-order valence-corrected chi connectivity index (χ3v) is 1.64. The number of carbonyl (C=O) groups excluding carboxylic acids is 1. The second-order valence-electron chi connectivity index (χ2n) is 2.66. The van der Waals surface area contributed by atoms with Gasteiger partial charge >= 0.3 is 6.03 Å². The molecule has 0 heterocycles. The Morgan fingerprint density at radius 2 is 2.14 bits per heavy atom. The highest BCUT2D eigenvalue weighted by molar-refractivity contribution is 5.80. The van der Waals surface area contributed by atoms with Crippen molar-refractivity contribution in [2.24, 2.45) is 16.6 Å². The Morgan fingerprint density at radius 3 is 2.57 bits per heavy atom. The summed E-state index contributed by atoms with van der Waals surface area (Å²) in [4.78, 5) is 12.2. The van der Waals surface area contributed by atoms with E-state index in [1.54, 1.807) is 0 Å². The summed E-state index contributed by atoms with van der Waals surface area (Å²) in [5.74, 6) is 0.0636. The van der Waals surface area contributed by atoms with E-state index in [2.05, 4.69) is 5.16 Å². The molecule has 0 saturated carbocycles. The zero-order valence-electron chi connectivity index (χ0n) is 8.14. The van der Waals surface area contributed by atoms with Crippen LogP contribution in [0.25, 0.3) is 0 Å². The first kappa shape index (κ1) is 12.5. The molecule has 0 bridgehead atoms. The minimum absolute atomic E-state index is 0.0636. The number of hydrogen-bond acceptors (Lipinski definition) is 4. The van der Waals surface area contributed by atoms with Crippen LogP contribution in [0.1, 0.15) is 6.42 Å². The predicted molar refractivity (Wildman–Crippen MR) is 51.1 cm³/mol. The lowest BCUT2D eigenvalue weighted by molar-refractivity contribution is 0.154. The van der Waals surface area contributed by atoms with Crippen molar-refractivity contribution in [2.45, 2.75) is 6.42 Å². The molecular weight excluding hydrogens is 188 g/mol. The summed E-state index contributed by atoms with van der Waals surface area (Å²) in [6, 6.07) is -0.548. The molecule has 0 aliphatic carbocycles. The molecule has 2 amide bonds. The highest BCUT2D eigenvalue weighted by Crippen LogP contribution is 1.91. The molecule has 0 radical (unpaired) electrons. The number of primary amides is 1. The fourth-order valence-electron chi connectivity index (χ4n) is 0.833. The lowest BCUT2D eigenvalue weighted by Gasteiger charge is -2.19. The van der Waals surface area contributed by atoms with Crippen LogP contribution in [0.2, 0.25) is 0 Å². The van der Waals surface area contributed by atoms with Gasteiger partial charge in [0.25, 0.3) is 0 Å². The van der Waals surface area contributed by atoms with Crippen molar-refractivity contribution in [2.75, 3.05) is 26.8 Å². The molecule has 7 nitrogen and oxygen atoms in total. The number of rotatable bonds is 6. The molecular formula is C7H16N4O3. The Morgan fingerprint density at radius 1 is 1.50 bits per heavy atom. The number of amides is 2. The fraction of sp³-hybridized carbons (Fsp3) is 0.714. The highest BCUT2D eigenvalue weighted by Gasteiger charge is 2.09. The van der Waals surface area contributed by atoms with Gasteiger partial charge in [0.15, 0.2) is 0 Å². The number of carbonyl (C=O) groups is 1. The normalized spacial score (nSPS) is 11.4. The summed E-state index contributed by atoms with van der Waals surface area (Å²) in [5, 5.41) is 11.1. The van der Waals surface area contributed by atoms with Crippen LogP contribution in [0.3, 0.4) is 0 Å². The largest absolute Gasteiger partial charge is 0.409 e. The van der Waals surface area contributed by atoms with E-state index in [0.717, 1.165) is 0 Å². The first-order valence-electron chi connectivity index (χ1n) is 4.11. The quantitative estimate of drug-likeness (QED) is 0.226. The number of oxime groups is 1. The fourth-order valence-corrected chi connectivity index (χ4v) is 0.833. The highest BCUT2D eigenvalue weighted by atomic mass is 16.5. The van der Waals surface area contributed by atoms with Crippen molar-refractivity contribution in [3.8, 4) is 0 Å². The number of ether oxygens (including phenoxy) is 1. The van der Waals surface area contributed by atoms with Crippen molar-refractivity contribution in [3.05, 3.63) is 0 Å². The van der Waals surface area contributed by atoms with E-state index in [-0.39, 0.29) is 12.3 Å². The van der Waals surface area contributed by atoms with Crippen LogP contribution in [-0.2, 0) is 4.74 Å². The minimum atomic E-state index is -0.548. The molecule has 0 atom stereocenters. The van der Waals surface area contributed by atoms with Gasteiger partial charge in [-0.25, -0.2) is 4.79 Å². The monoisotopic (exact) mass is 204 g/mol. The van der Waals surface area contributed by atoms with Crippen LogP contribution in [-0.4, -0.2) is 48.8 Å². The Balaban J connectivity index is 3.91. The SMILES string of the molecule is COCCN(CCC(N)=NO)C(N)=O. The van der Waals surface area contributed by atoms with E-state index in [0.29, 0.717) is 19.7 Å². The van der Waals surface area contributed by atoms with Crippen molar-refractivity contribution >= 4 is 11.9 Å². The molecule has 0 fully saturated rings. The summed E-state index contributed by atoms with van der Waals surface area (Å²) in [7, 11) is 1.53. The molecule has 0 aromatic rings. The van der Waals surface area contributed by atoms with Gasteiger partial charge in [-0.05, 0) is 0 Å². The molecule has 0 aliphatic heterocycles. The third-order valence-electron chi connectivity index (χ3n) is 1.64. The lowest BCUT2D eigenvalue weighted by atomic mass is 10.3. The smallest absolute Gasteiger partial charge is 0.314 e. The summed E-state index contributed by atoms with van der Waals surface area (Å²) < 4.78 is 4.80. The zero-order valence-corrected chi connectivity index (χ0v) is 8.14. The van der Waals surface area contributed by atoms with Crippen LogP contribution in [0.15, 0.2) is 5.16 Å². The predicted octanol–water partition coefficient (Wildman–Crippen LogP) is -0.850. The van der Waals surface area contributed by atoms with Crippen LogP contribution in [0, 0.1) is 0 Å². The van der Waals surface area contributed by atoms with Crippen molar-refractivity contribution in [1.82, 2.24) is 4.90 Å². The number of amidine groups is 1. The molecule has 0 aromatic heterocycles. The van der Waals surface area contributed by atoms with Gasteiger partial charge in [0.1, 0.15) is 5.84 Å². The first-order valence-corrected chi connectivity index (χ1v) is 4.11. The number of methoxy groups -OCH3 is 1. The lowest BCUT2D eigenvalue weighted by Crippen LogP contribution is -2.39. The van der Waals surface area contributed by atoms with Gasteiger partial charge in [-0.15, -0.1) is 0 Å². The molecule has 82 valence electrons. The number of nitrogens with two attached hydrogens (primary N) is 2. The second kappa shape index (κ2) is 6.96. The van der Waals surface area contributed by atoms with E-state index < -0.39 is 6.03 Å². The molecule has 7 heteroatoms. The standard InChI is InChI=1S/C7H16N4O3/c1-14-5-4-11(7(9)12)3-2-6(8)10-13/h13H,2-5H2,1H3,(H2,8,10)(H2,9,12).